The second-order valence-corrected chi connectivity index (χ2v) is 7.23. The van der Waals surface area contributed by atoms with Crippen molar-refractivity contribution in [3.63, 3.8) is 0 Å². The number of para-hydroxylation sites is 1. The molecule has 0 spiro atoms. The first-order valence-electron chi connectivity index (χ1n) is 10.3. The number of nitrogens with one attached hydrogen (secondary N) is 2. The van der Waals surface area contributed by atoms with Crippen molar-refractivity contribution < 1.29 is 23.5 Å². The predicted octanol–water partition coefficient (Wildman–Crippen LogP) is 4.62. The summed E-state index contributed by atoms with van der Waals surface area (Å²) < 4.78 is 23.8. The van der Waals surface area contributed by atoms with Crippen molar-refractivity contribution in [2.45, 2.75) is 6.92 Å². The van der Waals surface area contributed by atoms with E-state index in [4.69, 9.17) is 9.47 Å². The lowest BCUT2D eigenvalue weighted by Gasteiger charge is -2.24. The lowest BCUT2D eigenvalue weighted by Crippen LogP contribution is -2.41. The number of urea groups is 1. The van der Waals surface area contributed by atoms with Crippen LogP contribution in [0.5, 0.6) is 11.5 Å². The van der Waals surface area contributed by atoms with Gasteiger partial charge in [-0.2, -0.15) is 0 Å². The Balaban J connectivity index is 1.72. The number of anilines is 2. The van der Waals surface area contributed by atoms with Crippen LogP contribution in [0, 0.1) is 12.7 Å². The molecule has 3 rings (SSSR count). The molecule has 0 aliphatic carbocycles. The summed E-state index contributed by atoms with van der Waals surface area (Å²) in [5.41, 5.74) is 2.44. The summed E-state index contributed by atoms with van der Waals surface area (Å²) in [6, 6.07) is 17.5. The average molecular weight is 451 g/mol. The van der Waals surface area contributed by atoms with Gasteiger partial charge in [0.25, 0.3) is 5.91 Å². The van der Waals surface area contributed by atoms with Crippen LogP contribution in [0.1, 0.15) is 15.9 Å². The Hall–Kier alpha value is -4.07. The maximum atomic E-state index is 13.4. The molecule has 2 N–H and O–H groups in total. The minimum absolute atomic E-state index is 0.163. The quantitative estimate of drug-likeness (QED) is 0.524. The van der Waals surface area contributed by atoms with Gasteiger partial charge in [-0.15, -0.1) is 0 Å². The average Bonchev–Trinajstić information content (AvgIpc) is 2.83. The minimum Gasteiger partial charge on any atom is -0.497 e. The van der Waals surface area contributed by atoms with Crippen LogP contribution in [0.25, 0.3) is 0 Å². The molecule has 3 amide bonds. The Bertz CT molecular complexity index is 1100. The van der Waals surface area contributed by atoms with E-state index < -0.39 is 11.8 Å². The zero-order chi connectivity index (χ0) is 23.8. The van der Waals surface area contributed by atoms with Crippen LogP contribution in [0.3, 0.4) is 0 Å². The van der Waals surface area contributed by atoms with Gasteiger partial charge in [-0.25, -0.2) is 9.18 Å². The van der Waals surface area contributed by atoms with Crippen LogP contribution in [0.15, 0.2) is 66.7 Å². The predicted molar refractivity (Wildman–Crippen MR) is 126 cm³/mol. The highest BCUT2D eigenvalue weighted by Crippen LogP contribution is 2.22. The normalized spacial score (nSPS) is 10.3. The second-order valence-electron chi connectivity index (χ2n) is 7.23. The highest BCUT2D eigenvalue weighted by molar-refractivity contribution is 6.02. The summed E-state index contributed by atoms with van der Waals surface area (Å²) in [4.78, 5) is 27.1. The molecule has 172 valence electrons. The van der Waals surface area contributed by atoms with Gasteiger partial charge in [-0.05, 0) is 55.0 Å². The van der Waals surface area contributed by atoms with E-state index >= 15 is 0 Å². The van der Waals surface area contributed by atoms with Gasteiger partial charge in [0, 0.05) is 36.1 Å². The first-order chi connectivity index (χ1) is 15.9. The number of ether oxygens (including phenoxy) is 2. The Morgan fingerprint density at radius 2 is 1.58 bits per heavy atom. The number of halogens is 1. The number of carbonyl (C=O) groups is 2. The number of carbonyl (C=O) groups excluding carboxylic acids is 2. The zero-order valence-electron chi connectivity index (χ0n) is 18.7. The van der Waals surface area contributed by atoms with Gasteiger partial charge < -0.3 is 20.1 Å². The SMILES string of the molecule is COc1cc(OC)cc(C(=O)NCCN(C(=O)Nc2ccccc2C)c2ccc(F)cc2)c1. The molecule has 0 aromatic heterocycles. The summed E-state index contributed by atoms with van der Waals surface area (Å²) in [7, 11) is 3.01. The van der Waals surface area contributed by atoms with Crippen LogP contribution < -0.4 is 25.0 Å². The van der Waals surface area contributed by atoms with Gasteiger partial charge in [-0.1, -0.05) is 18.2 Å². The van der Waals surface area contributed by atoms with Crippen LogP contribution in [0.4, 0.5) is 20.6 Å². The fourth-order valence-corrected chi connectivity index (χ4v) is 3.19. The first-order valence-corrected chi connectivity index (χ1v) is 10.3. The molecule has 0 atom stereocenters. The molecule has 0 saturated carbocycles. The van der Waals surface area contributed by atoms with Crippen molar-refractivity contribution in [3.8, 4) is 11.5 Å². The van der Waals surface area contributed by atoms with Gasteiger partial charge >= 0.3 is 6.03 Å². The van der Waals surface area contributed by atoms with Crippen molar-refractivity contribution in [2.24, 2.45) is 0 Å². The van der Waals surface area contributed by atoms with Crippen molar-refractivity contribution in [2.75, 3.05) is 37.5 Å². The molecule has 0 bridgehead atoms. The van der Waals surface area contributed by atoms with E-state index in [-0.39, 0.29) is 19.0 Å². The molecule has 8 heteroatoms. The fourth-order valence-electron chi connectivity index (χ4n) is 3.19. The smallest absolute Gasteiger partial charge is 0.326 e. The van der Waals surface area contributed by atoms with Gasteiger partial charge in [-0.3, -0.25) is 9.69 Å². The third kappa shape index (κ3) is 6.22. The van der Waals surface area contributed by atoms with Crippen LogP contribution in [0.2, 0.25) is 0 Å². The van der Waals surface area contributed by atoms with Crippen LogP contribution >= 0.6 is 0 Å². The Morgan fingerprint density at radius 1 is 0.939 bits per heavy atom. The van der Waals surface area contributed by atoms with Crippen molar-refractivity contribution in [1.29, 1.82) is 0 Å². The summed E-state index contributed by atoms with van der Waals surface area (Å²) in [5.74, 6) is 0.235. The van der Waals surface area contributed by atoms with E-state index in [0.717, 1.165) is 5.56 Å². The maximum absolute atomic E-state index is 13.4. The molecule has 33 heavy (non-hydrogen) atoms. The fraction of sp³-hybridized carbons (Fsp3) is 0.200. The van der Waals surface area contributed by atoms with E-state index in [0.29, 0.717) is 28.4 Å². The van der Waals surface area contributed by atoms with Crippen LogP contribution in [-0.2, 0) is 0 Å². The van der Waals surface area contributed by atoms with Gasteiger partial charge in [0.05, 0.1) is 14.2 Å². The Kier molecular flexibility index (Phi) is 7.86. The first kappa shape index (κ1) is 23.6. The number of rotatable bonds is 8. The minimum atomic E-state index is -0.404. The number of nitrogens with zero attached hydrogens (tertiary/aromatic N) is 1. The molecule has 0 heterocycles. The van der Waals surface area contributed by atoms with Gasteiger partial charge in [0.15, 0.2) is 0 Å². The Morgan fingerprint density at radius 3 is 2.18 bits per heavy atom. The maximum Gasteiger partial charge on any atom is 0.326 e. The number of benzene rings is 3. The summed E-state index contributed by atoms with van der Waals surface area (Å²) in [6.45, 7) is 2.22. The second kappa shape index (κ2) is 11.0. The molecule has 3 aromatic carbocycles. The number of hydrogen-bond acceptors (Lipinski definition) is 4. The number of amides is 3. The third-order valence-electron chi connectivity index (χ3n) is 5.00. The lowest BCUT2D eigenvalue weighted by atomic mass is 10.2. The van der Waals surface area contributed by atoms with Gasteiger partial charge in [0.2, 0.25) is 0 Å². The van der Waals surface area contributed by atoms with E-state index in [1.807, 2.05) is 25.1 Å². The molecule has 3 aromatic rings. The van der Waals surface area contributed by atoms with E-state index in [9.17, 15) is 14.0 Å². The molecule has 0 aliphatic heterocycles. The molecule has 7 nitrogen and oxygen atoms in total. The molecule has 0 unspecified atom stereocenters. The summed E-state index contributed by atoms with van der Waals surface area (Å²) in [5, 5.41) is 5.67. The molecule has 0 radical (unpaired) electrons. The largest absolute Gasteiger partial charge is 0.497 e. The van der Waals surface area contributed by atoms with Crippen molar-refractivity contribution in [3.05, 3.63) is 83.7 Å². The zero-order valence-corrected chi connectivity index (χ0v) is 18.7. The van der Waals surface area contributed by atoms with E-state index in [2.05, 4.69) is 10.6 Å². The molecular formula is C25H26FN3O4. The summed E-state index contributed by atoms with van der Waals surface area (Å²) >= 11 is 0. The number of aryl methyl sites for hydroxylation is 1. The van der Waals surface area contributed by atoms with Gasteiger partial charge in [0.1, 0.15) is 17.3 Å². The number of hydrogen-bond donors (Lipinski definition) is 2. The lowest BCUT2D eigenvalue weighted by molar-refractivity contribution is 0.0954. The highest BCUT2D eigenvalue weighted by Gasteiger charge is 2.18. The van der Waals surface area contributed by atoms with E-state index in [1.165, 1.54) is 43.4 Å². The molecule has 0 saturated heterocycles. The highest BCUT2D eigenvalue weighted by atomic mass is 19.1. The van der Waals surface area contributed by atoms with E-state index in [1.54, 1.807) is 24.3 Å². The molecule has 0 aliphatic rings. The third-order valence-corrected chi connectivity index (χ3v) is 5.00. The molecular weight excluding hydrogens is 425 g/mol. The monoisotopic (exact) mass is 451 g/mol. The van der Waals surface area contributed by atoms with Crippen LogP contribution in [-0.4, -0.2) is 39.2 Å². The standard InChI is InChI=1S/C25H26FN3O4/c1-17-6-4-5-7-23(17)28-25(31)29(20-10-8-19(26)9-11-20)13-12-27-24(30)18-14-21(32-2)16-22(15-18)33-3/h4-11,14-16H,12-13H2,1-3H3,(H,27,30)(H,28,31). The Labute approximate surface area is 192 Å². The summed E-state index contributed by atoms with van der Waals surface area (Å²) in [6.07, 6.45) is 0. The molecule has 0 fully saturated rings. The number of methoxy groups -OCH3 is 2. The van der Waals surface area contributed by atoms with Crippen molar-refractivity contribution >= 4 is 23.3 Å². The van der Waals surface area contributed by atoms with Crippen molar-refractivity contribution in [1.82, 2.24) is 5.32 Å². The topological polar surface area (TPSA) is 79.9 Å².